The number of hydrogen-bond donors (Lipinski definition) is 2. The summed E-state index contributed by atoms with van der Waals surface area (Å²) in [6.07, 6.45) is 3.02. The van der Waals surface area contributed by atoms with Gasteiger partial charge in [-0.3, -0.25) is 4.98 Å². The van der Waals surface area contributed by atoms with Gasteiger partial charge in [-0.05, 0) is 55.5 Å². The highest BCUT2D eigenvalue weighted by atomic mass is 35.5. The number of nitrogens with two attached hydrogens (primary N) is 2. The Kier molecular flexibility index (Phi) is 2.88. The van der Waals surface area contributed by atoms with E-state index in [4.69, 9.17) is 28.1 Å². The van der Waals surface area contributed by atoms with Crippen molar-refractivity contribution in [3.05, 3.63) is 34.5 Å². The van der Waals surface area contributed by atoms with E-state index in [1.165, 1.54) is 5.56 Å². The molecule has 0 radical (unpaired) electrons. The third kappa shape index (κ3) is 1.84. The molecular weight excluding hydrogens is 246 g/mol. The predicted molar refractivity (Wildman–Crippen MR) is 75.7 cm³/mol. The summed E-state index contributed by atoms with van der Waals surface area (Å²) in [5.41, 5.74) is 16.1. The van der Waals surface area contributed by atoms with Crippen LogP contribution in [0.4, 0.5) is 5.69 Å². The molecule has 3 rings (SSSR count). The highest BCUT2D eigenvalue weighted by Crippen LogP contribution is 2.33. The second-order valence-corrected chi connectivity index (χ2v) is 5.39. The molecule has 94 valence electrons. The zero-order valence-corrected chi connectivity index (χ0v) is 10.9. The third-order valence-electron chi connectivity index (χ3n) is 3.80. The van der Waals surface area contributed by atoms with Gasteiger partial charge in [0.2, 0.25) is 0 Å². The lowest BCUT2D eigenvalue weighted by atomic mass is 9.85. The Morgan fingerprint density at radius 3 is 3.00 bits per heavy atom. The minimum atomic E-state index is 0.529. The SMILES string of the molecule is NC[C@H]1CCc2c(nc3cc(Cl)ccc3c2N)C1. The first-order valence-electron chi connectivity index (χ1n) is 6.25. The molecule has 1 atom stereocenters. The summed E-state index contributed by atoms with van der Waals surface area (Å²) in [6.45, 7) is 0.717. The second kappa shape index (κ2) is 4.41. The van der Waals surface area contributed by atoms with Crippen LogP contribution in [0.3, 0.4) is 0 Å². The van der Waals surface area contributed by atoms with Crippen LogP contribution in [0, 0.1) is 5.92 Å². The Balaban J connectivity index is 2.19. The number of aromatic nitrogens is 1. The lowest BCUT2D eigenvalue weighted by Crippen LogP contribution is -2.23. The molecule has 0 fully saturated rings. The number of rotatable bonds is 1. The van der Waals surface area contributed by atoms with E-state index in [2.05, 4.69) is 0 Å². The lowest BCUT2D eigenvalue weighted by Gasteiger charge is -2.24. The summed E-state index contributed by atoms with van der Waals surface area (Å²) in [5.74, 6) is 0.529. The summed E-state index contributed by atoms with van der Waals surface area (Å²) in [5, 5.41) is 1.70. The van der Waals surface area contributed by atoms with Crippen LogP contribution in [0.5, 0.6) is 0 Å². The van der Waals surface area contributed by atoms with E-state index in [9.17, 15) is 0 Å². The number of nitrogens with zero attached hydrogens (tertiary/aromatic N) is 1. The van der Waals surface area contributed by atoms with Gasteiger partial charge in [0.15, 0.2) is 0 Å². The van der Waals surface area contributed by atoms with Crippen molar-refractivity contribution in [2.24, 2.45) is 11.7 Å². The number of halogens is 1. The molecule has 0 saturated heterocycles. The van der Waals surface area contributed by atoms with Crippen LogP contribution in [-0.2, 0) is 12.8 Å². The minimum absolute atomic E-state index is 0.529. The quantitative estimate of drug-likeness (QED) is 0.829. The van der Waals surface area contributed by atoms with E-state index in [0.717, 1.165) is 41.5 Å². The highest BCUT2D eigenvalue weighted by Gasteiger charge is 2.22. The van der Waals surface area contributed by atoms with Crippen molar-refractivity contribution in [1.82, 2.24) is 4.98 Å². The maximum atomic E-state index is 6.26. The fourth-order valence-corrected chi connectivity index (χ4v) is 2.90. The molecule has 1 aliphatic carbocycles. The monoisotopic (exact) mass is 261 g/mol. The number of nitrogen functional groups attached to an aromatic ring is 1. The first kappa shape index (κ1) is 11.8. The summed E-state index contributed by atoms with van der Waals surface area (Å²) >= 11 is 6.01. The first-order chi connectivity index (χ1) is 8.69. The Morgan fingerprint density at radius 2 is 2.22 bits per heavy atom. The van der Waals surface area contributed by atoms with Crippen LogP contribution in [0.15, 0.2) is 18.2 Å². The maximum Gasteiger partial charge on any atom is 0.0741 e. The van der Waals surface area contributed by atoms with Crippen molar-refractivity contribution in [2.45, 2.75) is 19.3 Å². The van der Waals surface area contributed by atoms with Gasteiger partial charge in [0.1, 0.15) is 0 Å². The summed E-state index contributed by atoms with van der Waals surface area (Å²) < 4.78 is 0. The highest BCUT2D eigenvalue weighted by molar-refractivity contribution is 6.31. The number of anilines is 1. The average molecular weight is 262 g/mol. The van der Waals surface area contributed by atoms with Gasteiger partial charge in [0.25, 0.3) is 0 Å². The molecule has 1 aromatic carbocycles. The average Bonchev–Trinajstić information content (AvgIpc) is 2.38. The fourth-order valence-electron chi connectivity index (χ4n) is 2.73. The van der Waals surface area contributed by atoms with Crippen LogP contribution < -0.4 is 11.5 Å². The zero-order chi connectivity index (χ0) is 12.7. The topological polar surface area (TPSA) is 64.9 Å². The van der Waals surface area contributed by atoms with Crippen molar-refractivity contribution in [3.63, 3.8) is 0 Å². The standard InChI is InChI=1S/C14H16ClN3/c15-9-2-4-11-13(6-9)18-12-5-8(7-16)1-3-10(12)14(11)17/h2,4,6,8H,1,3,5,7,16H2,(H2,17,18)/t8-/m0/s1. The Bertz CT molecular complexity index is 610. The molecule has 0 amide bonds. The van der Waals surface area contributed by atoms with Crippen molar-refractivity contribution in [2.75, 3.05) is 12.3 Å². The molecule has 2 aromatic rings. The summed E-state index contributed by atoms with van der Waals surface area (Å²) in [7, 11) is 0. The van der Waals surface area contributed by atoms with Gasteiger partial charge in [-0.25, -0.2) is 0 Å². The van der Waals surface area contributed by atoms with Crippen LogP contribution in [0.1, 0.15) is 17.7 Å². The maximum absolute atomic E-state index is 6.26. The van der Waals surface area contributed by atoms with Gasteiger partial charge in [-0.1, -0.05) is 11.6 Å². The summed E-state index contributed by atoms with van der Waals surface area (Å²) in [6, 6.07) is 5.69. The molecule has 3 nitrogen and oxygen atoms in total. The largest absolute Gasteiger partial charge is 0.398 e. The number of benzene rings is 1. The minimum Gasteiger partial charge on any atom is -0.398 e. The second-order valence-electron chi connectivity index (χ2n) is 4.96. The summed E-state index contributed by atoms with van der Waals surface area (Å²) in [4.78, 5) is 4.72. The van der Waals surface area contributed by atoms with Crippen LogP contribution in [-0.4, -0.2) is 11.5 Å². The molecule has 0 aliphatic heterocycles. The molecule has 1 heterocycles. The van der Waals surface area contributed by atoms with E-state index in [1.54, 1.807) is 0 Å². The van der Waals surface area contributed by atoms with E-state index in [0.29, 0.717) is 17.5 Å². The molecular formula is C14H16ClN3. The van der Waals surface area contributed by atoms with Gasteiger partial charge >= 0.3 is 0 Å². The van der Waals surface area contributed by atoms with Crippen molar-refractivity contribution >= 4 is 28.2 Å². The van der Waals surface area contributed by atoms with E-state index < -0.39 is 0 Å². The molecule has 1 aromatic heterocycles. The Labute approximate surface area is 111 Å². The number of hydrogen-bond acceptors (Lipinski definition) is 3. The normalized spacial score (nSPS) is 18.9. The first-order valence-corrected chi connectivity index (χ1v) is 6.63. The fraction of sp³-hybridized carbons (Fsp3) is 0.357. The van der Waals surface area contributed by atoms with Crippen LogP contribution >= 0.6 is 11.6 Å². The lowest BCUT2D eigenvalue weighted by molar-refractivity contribution is 0.463. The molecule has 18 heavy (non-hydrogen) atoms. The van der Waals surface area contributed by atoms with Gasteiger partial charge in [-0.15, -0.1) is 0 Å². The molecule has 4 N–H and O–H groups in total. The van der Waals surface area contributed by atoms with Crippen molar-refractivity contribution < 1.29 is 0 Å². The molecule has 1 aliphatic rings. The number of pyridine rings is 1. The van der Waals surface area contributed by atoms with Crippen LogP contribution in [0.25, 0.3) is 10.9 Å². The van der Waals surface area contributed by atoms with Crippen LogP contribution in [0.2, 0.25) is 5.02 Å². The zero-order valence-electron chi connectivity index (χ0n) is 10.1. The Hall–Kier alpha value is -1.32. The third-order valence-corrected chi connectivity index (χ3v) is 4.03. The van der Waals surface area contributed by atoms with Gasteiger partial charge in [-0.2, -0.15) is 0 Å². The molecule has 0 spiro atoms. The molecule has 4 heteroatoms. The van der Waals surface area contributed by atoms with Gasteiger partial charge in [0, 0.05) is 21.8 Å². The Morgan fingerprint density at radius 1 is 1.39 bits per heavy atom. The van der Waals surface area contributed by atoms with Crippen molar-refractivity contribution in [1.29, 1.82) is 0 Å². The van der Waals surface area contributed by atoms with E-state index in [-0.39, 0.29) is 0 Å². The van der Waals surface area contributed by atoms with E-state index in [1.807, 2.05) is 18.2 Å². The van der Waals surface area contributed by atoms with Crippen molar-refractivity contribution in [3.8, 4) is 0 Å². The van der Waals surface area contributed by atoms with Gasteiger partial charge < -0.3 is 11.5 Å². The number of fused-ring (bicyclic) bond motifs is 2. The van der Waals surface area contributed by atoms with E-state index >= 15 is 0 Å². The molecule has 0 saturated carbocycles. The van der Waals surface area contributed by atoms with Gasteiger partial charge in [0.05, 0.1) is 5.52 Å². The predicted octanol–water partition coefficient (Wildman–Crippen LogP) is 2.53. The molecule has 0 bridgehead atoms. The smallest absolute Gasteiger partial charge is 0.0741 e. The molecule has 0 unspecified atom stereocenters.